The van der Waals surface area contributed by atoms with Gasteiger partial charge in [-0.05, 0) is 30.2 Å². The number of benzene rings is 1. The van der Waals surface area contributed by atoms with Gasteiger partial charge in [-0.3, -0.25) is 10.1 Å². The molecule has 21 heavy (non-hydrogen) atoms. The number of nitro groups is 1. The summed E-state index contributed by atoms with van der Waals surface area (Å²) in [4.78, 5) is 14.4. The Balaban J connectivity index is 2.26. The number of hydrazine groups is 1. The monoisotopic (exact) mass is 288 g/mol. The molecule has 0 aliphatic heterocycles. The van der Waals surface area contributed by atoms with Crippen LogP contribution in [-0.2, 0) is 6.42 Å². The molecule has 7 heteroatoms. The second kappa shape index (κ2) is 6.67. The summed E-state index contributed by atoms with van der Waals surface area (Å²) in [6.45, 7) is 2.10. The molecule has 1 heterocycles. The van der Waals surface area contributed by atoms with E-state index >= 15 is 0 Å². The van der Waals surface area contributed by atoms with Crippen molar-refractivity contribution in [2.45, 2.75) is 19.8 Å². The highest BCUT2D eigenvalue weighted by molar-refractivity contribution is 5.50. The molecule has 0 unspecified atom stereocenters. The zero-order valence-electron chi connectivity index (χ0n) is 11.6. The molecule has 0 spiro atoms. The first kappa shape index (κ1) is 14.7. The maximum atomic E-state index is 11.0. The van der Waals surface area contributed by atoms with Gasteiger partial charge in [0.15, 0.2) is 0 Å². The molecule has 0 aliphatic rings. The van der Waals surface area contributed by atoms with E-state index in [-0.39, 0.29) is 11.6 Å². The highest BCUT2D eigenvalue weighted by Gasteiger charge is 2.18. The van der Waals surface area contributed by atoms with Crippen LogP contribution in [-0.4, -0.2) is 9.91 Å². The summed E-state index contributed by atoms with van der Waals surface area (Å²) in [5.41, 5.74) is 3.30. The molecule has 0 fully saturated rings. The van der Waals surface area contributed by atoms with Gasteiger partial charge >= 0.3 is 11.6 Å². The molecule has 1 aromatic heterocycles. The molecule has 2 aromatic rings. The summed E-state index contributed by atoms with van der Waals surface area (Å²) in [5.74, 6) is 5.93. The first-order chi connectivity index (χ1) is 10.1. The van der Waals surface area contributed by atoms with E-state index in [1.54, 1.807) is 12.1 Å². The Hall–Kier alpha value is -2.67. The van der Waals surface area contributed by atoms with Crippen LogP contribution in [0.4, 0.5) is 11.5 Å². The highest BCUT2D eigenvalue weighted by atomic mass is 16.6. The van der Waals surface area contributed by atoms with Gasteiger partial charge in [-0.15, -0.1) is 0 Å². The number of anilines is 1. The van der Waals surface area contributed by atoms with Crippen LogP contribution in [0.15, 0.2) is 36.4 Å². The summed E-state index contributed by atoms with van der Waals surface area (Å²) in [7, 11) is 0. The van der Waals surface area contributed by atoms with Gasteiger partial charge < -0.3 is 10.2 Å². The number of ether oxygens (including phenoxy) is 1. The van der Waals surface area contributed by atoms with Crippen LogP contribution < -0.4 is 16.0 Å². The molecule has 0 amide bonds. The van der Waals surface area contributed by atoms with Crippen molar-refractivity contribution in [3.63, 3.8) is 0 Å². The van der Waals surface area contributed by atoms with Crippen molar-refractivity contribution in [1.82, 2.24) is 4.98 Å². The van der Waals surface area contributed by atoms with Crippen LogP contribution in [0.1, 0.15) is 18.9 Å². The molecule has 0 saturated carbocycles. The number of nitrogen functional groups attached to an aromatic ring is 1. The molecule has 7 nitrogen and oxygen atoms in total. The van der Waals surface area contributed by atoms with E-state index in [2.05, 4.69) is 17.3 Å². The summed E-state index contributed by atoms with van der Waals surface area (Å²) >= 11 is 0. The lowest BCUT2D eigenvalue weighted by Crippen LogP contribution is -2.09. The number of hydrogen-bond acceptors (Lipinski definition) is 6. The Bertz CT molecular complexity index is 629. The van der Waals surface area contributed by atoms with Crippen molar-refractivity contribution in [1.29, 1.82) is 0 Å². The van der Waals surface area contributed by atoms with Gasteiger partial charge in [0.1, 0.15) is 11.6 Å². The predicted molar refractivity (Wildman–Crippen MR) is 79.2 cm³/mol. The lowest BCUT2D eigenvalue weighted by atomic mass is 10.1. The summed E-state index contributed by atoms with van der Waals surface area (Å²) in [6.07, 6.45) is 2.03. The molecule has 0 saturated heterocycles. The fraction of sp³-hybridized carbons (Fsp3) is 0.214. The minimum absolute atomic E-state index is 0.0984. The third-order valence-electron chi connectivity index (χ3n) is 2.86. The van der Waals surface area contributed by atoms with Crippen LogP contribution in [0.3, 0.4) is 0 Å². The van der Waals surface area contributed by atoms with Gasteiger partial charge in [0.25, 0.3) is 0 Å². The first-order valence-corrected chi connectivity index (χ1v) is 6.53. The lowest BCUT2D eigenvalue weighted by Gasteiger charge is -2.07. The van der Waals surface area contributed by atoms with Crippen molar-refractivity contribution >= 4 is 11.5 Å². The summed E-state index contributed by atoms with van der Waals surface area (Å²) in [6, 6.07) is 10.1. The topological polar surface area (TPSA) is 103 Å². The van der Waals surface area contributed by atoms with Crippen LogP contribution in [0.5, 0.6) is 11.6 Å². The predicted octanol–water partition coefficient (Wildman–Crippen LogP) is 3.02. The van der Waals surface area contributed by atoms with Crippen molar-refractivity contribution in [2.24, 2.45) is 5.84 Å². The first-order valence-electron chi connectivity index (χ1n) is 6.53. The average molecular weight is 288 g/mol. The third kappa shape index (κ3) is 3.67. The molecule has 1 aromatic carbocycles. The lowest BCUT2D eigenvalue weighted by molar-refractivity contribution is -0.386. The van der Waals surface area contributed by atoms with E-state index in [1.807, 2.05) is 12.1 Å². The SMILES string of the molecule is CCCc1ccc(Oc2nc(NN)ccc2[N+](=O)[O-])cc1. The van der Waals surface area contributed by atoms with E-state index in [0.717, 1.165) is 12.8 Å². The zero-order valence-corrected chi connectivity index (χ0v) is 11.6. The van der Waals surface area contributed by atoms with Crippen molar-refractivity contribution < 1.29 is 9.66 Å². The molecular weight excluding hydrogens is 272 g/mol. The normalized spacial score (nSPS) is 10.2. The summed E-state index contributed by atoms with van der Waals surface area (Å²) < 4.78 is 5.50. The highest BCUT2D eigenvalue weighted by Crippen LogP contribution is 2.30. The van der Waals surface area contributed by atoms with E-state index < -0.39 is 4.92 Å². The number of aryl methyl sites for hydroxylation is 1. The number of nitrogens with one attached hydrogen (secondary N) is 1. The minimum atomic E-state index is -0.548. The standard InChI is InChI=1S/C14H16N4O3/c1-2-3-10-4-6-11(7-5-10)21-14-12(18(19)20)8-9-13(16-14)17-15/h4-9H,2-3,15H2,1H3,(H,16,17). The molecule has 2 rings (SSSR count). The molecule has 0 bridgehead atoms. The van der Waals surface area contributed by atoms with Crippen LogP contribution >= 0.6 is 0 Å². The minimum Gasteiger partial charge on any atom is -0.434 e. The van der Waals surface area contributed by atoms with Crippen LogP contribution in [0.2, 0.25) is 0 Å². The average Bonchev–Trinajstić information content (AvgIpc) is 2.49. The second-order valence-corrected chi connectivity index (χ2v) is 4.42. The second-order valence-electron chi connectivity index (χ2n) is 4.42. The van der Waals surface area contributed by atoms with Crippen LogP contribution in [0.25, 0.3) is 0 Å². The Morgan fingerprint density at radius 2 is 2.00 bits per heavy atom. The van der Waals surface area contributed by atoms with Crippen molar-refractivity contribution in [3.8, 4) is 11.6 Å². The van der Waals surface area contributed by atoms with Gasteiger partial charge in [-0.25, -0.2) is 5.84 Å². The fourth-order valence-electron chi connectivity index (χ4n) is 1.85. The largest absolute Gasteiger partial charge is 0.434 e. The van der Waals surface area contributed by atoms with Gasteiger partial charge in [0, 0.05) is 6.07 Å². The fourth-order valence-corrected chi connectivity index (χ4v) is 1.85. The Morgan fingerprint density at radius 1 is 1.29 bits per heavy atom. The smallest absolute Gasteiger partial charge is 0.331 e. The molecule has 0 radical (unpaired) electrons. The molecule has 3 N–H and O–H groups in total. The Labute approximate surface area is 121 Å². The molecule has 0 atom stereocenters. The molecular formula is C14H16N4O3. The Morgan fingerprint density at radius 3 is 2.57 bits per heavy atom. The quantitative estimate of drug-likeness (QED) is 0.481. The number of rotatable bonds is 6. The molecule has 0 aliphatic carbocycles. The summed E-state index contributed by atoms with van der Waals surface area (Å²) in [5, 5.41) is 11.0. The van der Waals surface area contributed by atoms with E-state index in [1.165, 1.54) is 17.7 Å². The van der Waals surface area contributed by atoms with Gasteiger partial charge in [0.05, 0.1) is 4.92 Å². The number of nitrogens with zero attached hydrogens (tertiary/aromatic N) is 2. The van der Waals surface area contributed by atoms with E-state index in [4.69, 9.17) is 10.6 Å². The van der Waals surface area contributed by atoms with Crippen LogP contribution in [0, 0.1) is 10.1 Å². The van der Waals surface area contributed by atoms with E-state index in [9.17, 15) is 10.1 Å². The maximum absolute atomic E-state index is 11.0. The zero-order chi connectivity index (χ0) is 15.2. The van der Waals surface area contributed by atoms with Gasteiger partial charge in [-0.1, -0.05) is 25.5 Å². The van der Waals surface area contributed by atoms with Crippen molar-refractivity contribution in [3.05, 3.63) is 52.1 Å². The van der Waals surface area contributed by atoms with Gasteiger partial charge in [0.2, 0.25) is 0 Å². The number of pyridine rings is 1. The third-order valence-corrected chi connectivity index (χ3v) is 2.86. The van der Waals surface area contributed by atoms with E-state index in [0.29, 0.717) is 11.6 Å². The number of aromatic nitrogens is 1. The van der Waals surface area contributed by atoms with Crippen molar-refractivity contribution in [2.75, 3.05) is 5.43 Å². The van der Waals surface area contributed by atoms with Gasteiger partial charge in [-0.2, -0.15) is 4.98 Å². The number of hydrogen-bond donors (Lipinski definition) is 2. The maximum Gasteiger partial charge on any atom is 0.331 e. The number of nitrogens with two attached hydrogens (primary N) is 1. The molecule has 110 valence electrons. The Kier molecular flexibility index (Phi) is 4.68.